The third-order valence-corrected chi connectivity index (χ3v) is 2.39. The number of rotatable bonds is 1. The Morgan fingerprint density at radius 2 is 2.00 bits per heavy atom. The average molecular weight is 228 g/mol. The summed E-state index contributed by atoms with van der Waals surface area (Å²) in [7, 11) is 0. The minimum atomic E-state index is 0.158. The van der Waals surface area contributed by atoms with Crippen LogP contribution in [0.15, 0.2) is 18.3 Å². The van der Waals surface area contributed by atoms with Crippen molar-refractivity contribution in [2.75, 3.05) is 0 Å². The maximum Gasteiger partial charge on any atom is 0.0457 e. The van der Waals surface area contributed by atoms with Gasteiger partial charge in [0.25, 0.3) is 0 Å². The topological polar surface area (TPSA) is 12.9 Å². The van der Waals surface area contributed by atoms with Crippen molar-refractivity contribution in [1.82, 2.24) is 4.98 Å². The molecule has 1 nitrogen and oxygen atoms in total. The number of pyridine rings is 1. The van der Waals surface area contributed by atoms with Crippen LogP contribution < -0.4 is 0 Å². The molecule has 0 N–H and O–H groups in total. The van der Waals surface area contributed by atoms with Crippen molar-refractivity contribution >= 4 is 15.9 Å². The van der Waals surface area contributed by atoms with Crippen LogP contribution in [0.4, 0.5) is 0 Å². The molecular formula is C10H14BrN. The molecule has 66 valence electrons. The van der Waals surface area contributed by atoms with Gasteiger partial charge >= 0.3 is 0 Å². The first-order valence-electron chi connectivity index (χ1n) is 4.05. The Bertz CT molecular complexity index is 246. The van der Waals surface area contributed by atoms with Crippen molar-refractivity contribution in [1.29, 1.82) is 0 Å². The van der Waals surface area contributed by atoms with E-state index in [4.69, 9.17) is 0 Å². The fraction of sp³-hybridized carbons (Fsp3) is 0.500. The van der Waals surface area contributed by atoms with Crippen LogP contribution in [0.5, 0.6) is 0 Å². The number of alkyl halides is 1. The quantitative estimate of drug-likeness (QED) is 0.672. The molecule has 1 aromatic rings. The Kier molecular flexibility index (Phi) is 2.89. The normalized spacial score (nSPS) is 11.7. The van der Waals surface area contributed by atoms with Gasteiger partial charge in [-0.1, -0.05) is 42.8 Å². The molecule has 0 aliphatic carbocycles. The SMILES string of the molecule is CC(C)(C)c1ccc(CBr)cn1. The second-order valence-corrected chi connectivity index (χ2v) is 4.50. The van der Waals surface area contributed by atoms with Gasteiger partial charge < -0.3 is 0 Å². The third kappa shape index (κ3) is 2.31. The number of nitrogens with zero attached hydrogens (tertiary/aromatic N) is 1. The van der Waals surface area contributed by atoms with Gasteiger partial charge in [-0.05, 0) is 11.6 Å². The van der Waals surface area contributed by atoms with E-state index in [0.29, 0.717) is 0 Å². The lowest BCUT2D eigenvalue weighted by atomic mass is 9.91. The van der Waals surface area contributed by atoms with Gasteiger partial charge in [0, 0.05) is 22.6 Å². The van der Waals surface area contributed by atoms with Gasteiger partial charge in [-0.3, -0.25) is 4.98 Å². The van der Waals surface area contributed by atoms with E-state index in [1.807, 2.05) is 6.20 Å². The minimum Gasteiger partial charge on any atom is -0.260 e. The highest BCUT2D eigenvalue weighted by Gasteiger charge is 2.14. The molecule has 0 unspecified atom stereocenters. The number of aromatic nitrogens is 1. The zero-order valence-electron chi connectivity index (χ0n) is 7.76. The first kappa shape index (κ1) is 9.72. The first-order valence-corrected chi connectivity index (χ1v) is 5.17. The molecule has 0 saturated heterocycles. The van der Waals surface area contributed by atoms with Crippen LogP contribution in [0.2, 0.25) is 0 Å². The van der Waals surface area contributed by atoms with Crippen molar-refractivity contribution < 1.29 is 0 Å². The highest BCUT2D eigenvalue weighted by molar-refractivity contribution is 9.08. The van der Waals surface area contributed by atoms with Crippen LogP contribution in [-0.4, -0.2) is 4.98 Å². The van der Waals surface area contributed by atoms with E-state index >= 15 is 0 Å². The summed E-state index contributed by atoms with van der Waals surface area (Å²) in [5.74, 6) is 0. The van der Waals surface area contributed by atoms with Crippen molar-refractivity contribution in [3.8, 4) is 0 Å². The molecular weight excluding hydrogens is 214 g/mol. The average Bonchev–Trinajstić information content (AvgIpc) is 2.03. The highest BCUT2D eigenvalue weighted by atomic mass is 79.9. The molecule has 0 radical (unpaired) electrons. The first-order chi connectivity index (χ1) is 5.54. The Morgan fingerprint density at radius 1 is 1.33 bits per heavy atom. The standard InChI is InChI=1S/C10H14BrN/c1-10(2,3)9-5-4-8(6-11)7-12-9/h4-5,7H,6H2,1-3H3. The molecule has 0 aromatic carbocycles. The van der Waals surface area contributed by atoms with E-state index < -0.39 is 0 Å². The van der Waals surface area contributed by atoms with Crippen LogP contribution in [0, 0.1) is 0 Å². The molecule has 12 heavy (non-hydrogen) atoms. The Balaban J connectivity index is 2.93. The van der Waals surface area contributed by atoms with Crippen LogP contribution in [0.1, 0.15) is 32.0 Å². The third-order valence-electron chi connectivity index (χ3n) is 1.75. The van der Waals surface area contributed by atoms with E-state index in [1.54, 1.807) is 0 Å². The number of halogens is 1. The van der Waals surface area contributed by atoms with Gasteiger partial charge in [-0.25, -0.2) is 0 Å². The summed E-state index contributed by atoms with van der Waals surface area (Å²) in [5, 5.41) is 0.879. The summed E-state index contributed by atoms with van der Waals surface area (Å²) in [4.78, 5) is 4.39. The van der Waals surface area contributed by atoms with Crippen LogP contribution in [0.25, 0.3) is 0 Å². The van der Waals surface area contributed by atoms with Gasteiger partial charge in [0.05, 0.1) is 0 Å². The molecule has 1 aromatic heterocycles. The second kappa shape index (κ2) is 3.56. The summed E-state index contributed by atoms with van der Waals surface area (Å²) in [5.41, 5.74) is 2.53. The lowest BCUT2D eigenvalue weighted by Gasteiger charge is -2.17. The van der Waals surface area contributed by atoms with Crippen molar-refractivity contribution in [3.63, 3.8) is 0 Å². The van der Waals surface area contributed by atoms with Gasteiger partial charge in [0.2, 0.25) is 0 Å². The molecule has 0 bridgehead atoms. The fourth-order valence-electron chi connectivity index (χ4n) is 0.947. The summed E-state index contributed by atoms with van der Waals surface area (Å²) >= 11 is 3.39. The second-order valence-electron chi connectivity index (χ2n) is 3.94. The highest BCUT2D eigenvalue weighted by Crippen LogP contribution is 2.19. The Morgan fingerprint density at radius 3 is 2.33 bits per heavy atom. The molecule has 2 heteroatoms. The van der Waals surface area contributed by atoms with Gasteiger partial charge in [0.1, 0.15) is 0 Å². The zero-order chi connectivity index (χ0) is 9.19. The summed E-state index contributed by atoms with van der Waals surface area (Å²) in [6.07, 6.45) is 1.93. The van der Waals surface area contributed by atoms with E-state index in [2.05, 4.69) is 53.8 Å². The minimum absolute atomic E-state index is 0.158. The van der Waals surface area contributed by atoms with E-state index in [9.17, 15) is 0 Å². The molecule has 0 atom stereocenters. The van der Waals surface area contributed by atoms with Crippen LogP contribution >= 0.6 is 15.9 Å². The molecule has 1 heterocycles. The molecule has 0 aliphatic rings. The molecule has 0 spiro atoms. The number of hydrogen-bond donors (Lipinski definition) is 0. The predicted molar refractivity (Wildman–Crippen MR) is 55.6 cm³/mol. The lowest BCUT2D eigenvalue weighted by Crippen LogP contribution is -2.13. The summed E-state index contributed by atoms with van der Waals surface area (Å²) in [6.45, 7) is 6.51. The monoisotopic (exact) mass is 227 g/mol. The van der Waals surface area contributed by atoms with Crippen molar-refractivity contribution in [2.24, 2.45) is 0 Å². The van der Waals surface area contributed by atoms with Gasteiger partial charge in [-0.2, -0.15) is 0 Å². The zero-order valence-corrected chi connectivity index (χ0v) is 9.35. The molecule has 1 rings (SSSR count). The number of hydrogen-bond acceptors (Lipinski definition) is 1. The fourth-order valence-corrected chi connectivity index (χ4v) is 1.28. The summed E-state index contributed by atoms with van der Waals surface area (Å²) < 4.78 is 0. The van der Waals surface area contributed by atoms with Crippen molar-refractivity contribution in [2.45, 2.75) is 31.5 Å². The van der Waals surface area contributed by atoms with Gasteiger partial charge in [-0.15, -0.1) is 0 Å². The molecule has 0 aliphatic heterocycles. The molecule has 0 amide bonds. The Hall–Kier alpha value is -0.370. The lowest BCUT2D eigenvalue weighted by molar-refractivity contribution is 0.568. The van der Waals surface area contributed by atoms with Crippen LogP contribution in [-0.2, 0) is 10.7 Å². The maximum atomic E-state index is 4.39. The Labute approximate surface area is 82.3 Å². The van der Waals surface area contributed by atoms with E-state index in [0.717, 1.165) is 11.0 Å². The smallest absolute Gasteiger partial charge is 0.0457 e. The summed E-state index contributed by atoms with van der Waals surface area (Å²) in [6, 6.07) is 4.21. The molecule has 0 saturated carbocycles. The maximum absolute atomic E-state index is 4.39. The van der Waals surface area contributed by atoms with Gasteiger partial charge in [0.15, 0.2) is 0 Å². The van der Waals surface area contributed by atoms with E-state index in [-0.39, 0.29) is 5.41 Å². The predicted octanol–water partition coefficient (Wildman–Crippen LogP) is 3.27. The molecule has 0 fully saturated rings. The van der Waals surface area contributed by atoms with Crippen LogP contribution in [0.3, 0.4) is 0 Å². The van der Waals surface area contributed by atoms with E-state index in [1.165, 1.54) is 5.56 Å². The van der Waals surface area contributed by atoms with Crippen molar-refractivity contribution in [3.05, 3.63) is 29.6 Å². The largest absolute Gasteiger partial charge is 0.260 e.